The van der Waals surface area contributed by atoms with Gasteiger partial charge < -0.3 is 9.88 Å². The Morgan fingerprint density at radius 3 is 2.79 bits per heavy atom. The third-order valence-corrected chi connectivity index (χ3v) is 3.41. The summed E-state index contributed by atoms with van der Waals surface area (Å²) in [5, 5.41) is 4.49. The molecule has 0 aliphatic rings. The van der Waals surface area contributed by atoms with Crippen molar-refractivity contribution in [1.82, 2.24) is 9.88 Å². The van der Waals surface area contributed by atoms with Crippen LogP contribution in [0.1, 0.15) is 10.5 Å². The molecule has 1 aromatic heterocycles. The Morgan fingerprint density at radius 2 is 2.07 bits per heavy atom. The highest BCUT2D eigenvalue weighted by Gasteiger charge is 2.11. The number of hydrogen-bond acceptors (Lipinski definition) is 1. The van der Waals surface area contributed by atoms with Gasteiger partial charge in [-0.05, 0) is 13.1 Å². The normalized spacial score (nSPS) is 13.4. The molecule has 1 unspecified atom stereocenters. The monoisotopic (exact) mass is 252 g/mol. The molecule has 0 radical (unpaired) electrons. The average Bonchev–Trinajstić information content (AvgIpc) is 2.56. The number of rotatable bonds is 2. The van der Waals surface area contributed by atoms with E-state index in [2.05, 4.69) is 63.3 Å². The molecule has 0 fully saturated rings. The first-order chi connectivity index (χ1) is 6.74. The third-order valence-electron chi connectivity index (χ3n) is 2.45. The second kappa shape index (κ2) is 3.75. The van der Waals surface area contributed by atoms with Gasteiger partial charge in [0.15, 0.2) is 0 Å². The summed E-state index contributed by atoms with van der Waals surface area (Å²) in [6.07, 6.45) is 2.15. The van der Waals surface area contributed by atoms with Crippen LogP contribution in [-0.2, 0) is 7.05 Å². The molecule has 3 heteroatoms. The molecule has 74 valence electrons. The van der Waals surface area contributed by atoms with Crippen molar-refractivity contribution in [3.8, 4) is 0 Å². The lowest BCUT2D eigenvalue weighted by molar-refractivity contribution is 0.807. The van der Waals surface area contributed by atoms with Gasteiger partial charge in [0, 0.05) is 29.7 Å². The van der Waals surface area contributed by atoms with Crippen LogP contribution in [0, 0.1) is 0 Å². The average molecular weight is 253 g/mol. The summed E-state index contributed by atoms with van der Waals surface area (Å²) in [6, 6.07) is 8.42. The van der Waals surface area contributed by atoms with E-state index < -0.39 is 0 Å². The molecule has 0 saturated carbocycles. The van der Waals surface area contributed by atoms with Crippen LogP contribution in [0.25, 0.3) is 10.9 Å². The minimum Gasteiger partial charge on any atom is -0.350 e. The standard InChI is InChI=1S/C11H13BrN2/c1-13-11(12)9-7-14(2)10-6-4-3-5-8(9)10/h3-7,11,13H,1-2H3. The molecule has 0 aliphatic carbocycles. The second-order valence-corrected chi connectivity index (χ2v) is 4.28. The van der Waals surface area contributed by atoms with Crippen molar-refractivity contribution in [1.29, 1.82) is 0 Å². The number of hydrogen-bond donors (Lipinski definition) is 1. The van der Waals surface area contributed by atoms with Gasteiger partial charge in [-0.1, -0.05) is 34.1 Å². The smallest absolute Gasteiger partial charge is 0.0904 e. The molecule has 0 spiro atoms. The number of fused-ring (bicyclic) bond motifs is 1. The highest BCUT2D eigenvalue weighted by atomic mass is 79.9. The molecule has 1 heterocycles. The molecule has 1 aromatic carbocycles. The van der Waals surface area contributed by atoms with E-state index in [4.69, 9.17) is 0 Å². The first kappa shape index (κ1) is 9.74. The predicted octanol–water partition coefficient (Wildman–Crippen LogP) is 2.79. The SMILES string of the molecule is CNC(Br)c1cn(C)c2ccccc12. The lowest BCUT2D eigenvalue weighted by atomic mass is 10.2. The number of alkyl halides is 1. The van der Waals surface area contributed by atoms with Crippen LogP contribution in [0.4, 0.5) is 0 Å². The van der Waals surface area contributed by atoms with E-state index in [-0.39, 0.29) is 4.95 Å². The van der Waals surface area contributed by atoms with E-state index in [1.54, 1.807) is 0 Å². The zero-order valence-corrected chi connectivity index (χ0v) is 9.88. The van der Waals surface area contributed by atoms with E-state index in [1.165, 1.54) is 16.5 Å². The Morgan fingerprint density at radius 1 is 1.36 bits per heavy atom. The topological polar surface area (TPSA) is 17.0 Å². The van der Waals surface area contributed by atoms with Crippen molar-refractivity contribution in [2.45, 2.75) is 4.95 Å². The molecule has 1 N–H and O–H groups in total. The number of halogens is 1. The van der Waals surface area contributed by atoms with Gasteiger partial charge in [-0.15, -0.1) is 0 Å². The van der Waals surface area contributed by atoms with Crippen molar-refractivity contribution >= 4 is 26.8 Å². The van der Waals surface area contributed by atoms with Gasteiger partial charge in [-0.3, -0.25) is 0 Å². The molecule has 0 bridgehead atoms. The minimum absolute atomic E-state index is 0.216. The summed E-state index contributed by atoms with van der Waals surface area (Å²) >= 11 is 3.59. The molecule has 2 aromatic rings. The number of benzene rings is 1. The van der Waals surface area contributed by atoms with Crippen LogP contribution in [0.15, 0.2) is 30.5 Å². The highest BCUT2D eigenvalue weighted by Crippen LogP contribution is 2.28. The van der Waals surface area contributed by atoms with Gasteiger partial charge in [0.2, 0.25) is 0 Å². The molecule has 2 rings (SSSR count). The fourth-order valence-electron chi connectivity index (χ4n) is 1.73. The van der Waals surface area contributed by atoms with Crippen molar-refractivity contribution in [2.24, 2.45) is 7.05 Å². The fourth-order valence-corrected chi connectivity index (χ4v) is 2.10. The first-order valence-corrected chi connectivity index (χ1v) is 5.51. The number of para-hydroxylation sites is 1. The zero-order valence-electron chi connectivity index (χ0n) is 8.29. The van der Waals surface area contributed by atoms with Crippen LogP contribution in [0.2, 0.25) is 0 Å². The van der Waals surface area contributed by atoms with Crippen molar-refractivity contribution in [2.75, 3.05) is 7.05 Å². The van der Waals surface area contributed by atoms with Gasteiger partial charge in [0.25, 0.3) is 0 Å². The minimum atomic E-state index is 0.216. The molecule has 0 aliphatic heterocycles. The second-order valence-electron chi connectivity index (χ2n) is 3.36. The maximum Gasteiger partial charge on any atom is 0.0904 e. The van der Waals surface area contributed by atoms with Gasteiger partial charge in [-0.25, -0.2) is 0 Å². The number of nitrogens with one attached hydrogen (secondary N) is 1. The van der Waals surface area contributed by atoms with E-state index >= 15 is 0 Å². The quantitative estimate of drug-likeness (QED) is 0.643. The van der Waals surface area contributed by atoms with Crippen LogP contribution in [-0.4, -0.2) is 11.6 Å². The van der Waals surface area contributed by atoms with Crippen LogP contribution in [0.3, 0.4) is 0 Å². The number of aromatic nitrogens is 1. The molecular formula is C11H13BrN2. The van der Waals surface area contributed by atoms with Gasteiger partial charge >= 0.3 is 0 Å². The van der Waals surface area contributed by atoms with Crippen LogP contribution >= 0.6 is 15.9 Å². The number of nitrogens with zero attached hydrogens (tertiary/aromatic N) is 1. The Labute approximate surface area is 92.0 Å². The summed E-state index contributed by atoms with van der Waals surface area (Å²) in [5.41, 5.74) is 2.55. The maximum atomic E-state index is 3.59. The Bertz CT molecular complexity index is 447. The van der Waals surface area contributed by atoms with E-state index in [0.717, 1.165) is 0 Å². The van der Waals surface area contributed by atoms with Gasteiger partial charge in [0.1, 0.15) is 0 Å². The predicted molar refractivity (Wildman–Crippen MR) is 63.6 cm³/mol. The fraction of sp³-hybridized carbons (Fsp3) is 0.273. The molecule has 2 nitrogen and oxygen atoms in total. The maximum absolute atomic E-state index is 3.59. The van der Waals surface area contributed by atoms with Crippen molar-refractivity contribution < 1.29 is 0 Å². The van der Waals surface area contributed by atoms with E-state index in [9.17, 15) is 0 Å². The highest BCUT2D eigenvalue weighted by molar-refractivity contribution is 9.09. The van der Waals surface area contributed by atoms with Gasteiger partial charge in [0.05, 0.1) is 4.95 Å². The summed E-state index contributed by atoms with van der Waals surface area (Å²) in [5.74, 6) is 0. The van der Waals surface area contributed by atoms with Gasteiger partial charge in [-0.2, -0.15) is 0 Å². The summed E-state index contributed by atoms with van der Waals surface area (Å²) in [6.45, 7) is 0. The summed E-state index contributed by atoms with van der Waals surface area (Å²) < 4.78 is 2.15. The van der Waals surface area contributed by atoms with Crippen molar-refractivity contribution in [3.05, 3.63) is 36.0 Å². The Balaban J connectivity index is 2.66. The third kappa shape index (κ3) is 1.47. The van der Waals surface area contributed by atoms with Crippen LogP contribution in [0.5, 0.6) is 0 Å². The van der Waals surface area contributed by atoms with E-state index in [1.807, 2.05) is 7.05 Å². The molecule has 1 atom stereocenters. The molecule has 0 saturated heterocycles. The largest absolute Gasteiger partial charge is 0.350 e. The van der Waals surface area contributed by atoms with E-state index in [0.29, 0.717) is 0 Å². The van der Waals surface area contributed by atoms with Crippen molar-refractivity contribution in [3.63, 3.8) is 0 Å². The Kier molecular flexibility index (Phi) is 2.61. The zero-order chi connectivity index (χ0) is 10.1. The van der Waals surface area contributed by atoms with Crippen LogP contribution < -0.4 is 5.32 Å². The Hall–Kier alpha value is -0.800. The molecule has 0 amide bonds. The molecule has 14 heavy (non-hydrogen) atoms. The summed E-state index contributed by atoms with van der Waals surface area (Å²) in [4.78, 5) is 0.216. The lowest BCUT2D eigenvalue weighted by Crippen LogP contribution is -2.08. The summed E-state index contributed by atoms with van der Waals surface area (Å²) in [7, 11) is 4.02. The molecular weight excluding hydrogens is 240 g/mol. The lowest BCUT2D eigenvalue weighted by Gasteiger charge is -2.05. The number of aryl methyl sites for hydroxylation is 1. The first-order valence-electron chi connectivity index (χ1n) is 4.59.